The molecule has 19 heavy (non-hydrogen) atoms. The lowest BCUT2D eigenvalue weighted by molar-refractivity contribution is -0.00247. The van der Waals surface area contributed by atoms with Crippen LogP contribution in [-0.4, -0.2) is 23.5 Å². The summed E-state index contributed by atoms with van der Waals surface area (Å²) >= 11 is 0. The lowest BCUT2D eigenvalue weighted by Crippen LogP contribution is -2.39. The Morgan fingerprint density at radius 3 is 2.63 bits per heavy atom. The van der Waals surface area contributed by atoms with Gasteiger partial charge in [-0.25, -0.2) is 0 Å². The molecule has 1 aromatic carbocycles. The van der Waals surface area contributed by atoms with Crippen LogP contribution in [0.3, 0.4) is 0 Å². The molecular weight excluding hydrogens is 238 g/mol. The number of pyridine rings is 1. The van der Waals surface area contributed by atoms with Gasteiger partial charge in [-0.15, -0.1) is 0 Å². The van der Waals surface area contributed by atoms with Gasteiger partial charge >= 0.3 is 0 Å². The van der Waals surface area contributed by atoms with Gasteiger partial charge in [-0.3, -0.25) is 9.78 Å². The molecule has 100 valence electrons. The first-order valence-electron chi connectivity index (χ1n) is 6.61. The number of Topliss-reactive ketones (excluding diaryl/α,β-unsaturated/α-hetero) is 1. The van der Waals surface area contributed by atoms with E-state index in [9.17, 15) is 4.79 Å². The van der Waals surface area contributed by atoms with Crippen molar-refractivity contribution in [3.05, 3.63) is 42.2 Å². The Labute approximate surface area is 113 Å². The molecule has 1 aromatic heterocycles. The van der Waals surface area contributed by atoms with Crippen LogP contribution in [0.15, 0.2) is 36.7 Å². The average molecular weight is 257 g/mol. The van der Waals surface area contributed by atoms with Crippen LogP contribution < -0.4 is 0 Å². The van der Waals surface area contributed by atoms with Gasteiger partial charge in [0.1, 0.15) is 5.60 Å². The highest BCUT2D eigenvalue weighted by Gasteiger charge is 2.36. The highest BCUT2D eigenvalue weighted by molar-refractivity contribution is 6.11. The first-order chi connectivity index (χ1) is 9.18. The predicted molar refractivity (Wildman–Crippen MR) is 76.4 cm³/mol. The number of ketones is 1. The number of ether oxygens (including phenoxy) is 1. The Morgan fingerprint density at radius 1 is 1.26 bits per heavy atom. The molecule has 3 nitrogen and oxygen atoms in total. The van der Waals surface area contributed by atoms with Crippen molar-refractivity contribution in [2.75, 3.05) is 7.11 Å². The van der Waals surface area contributed by atoms with Crippen LogP contribution in [0.1, 0.15) is 37.0 Å². The van der Waals surface area contributed by atoms with Gasteiger partial charge in [0.15, 0.2) is 5.78 Å². The molecule has 0 amide bonds. The Balaban J connectivity index is 2.58. The van der Waals surface area contributed by atoms with E-state index in [-0.39, 0.29) is 5.78 Å². The maximum absolute atomic E-state index is 12.8. The van der Waals surface area contributed by atoms with Gasteiger partial charge in [0, 0.05) is 30.5 Å². The van der Waals surface area contributed by atoms with E-state index in [1.54, 1.807) is 19.5 Å². The van der Waals surface area contributed by atoms with Crippen LogP contribution in [0.4, 0.5) is 0 Å². The van der Waals surface area contributed by atoms with E-state index in [4.69, 9.17) is 4.74 Å². The molecule has 0 N–H and O–H groups in total. The average Bonchev–Trinajstić information content (AvgIpc) is 2.49. The summed E-state index contributed by atoms with van der Waals surface area (Å²) in [5, 5.41) is 1.91. The number of hydrogen-bond donors (Lipinski definition) is 0. The molecule has 0 fully saturated rings. The van der Waals surface area contributed by atoms with Crippen LogP contribution in [0.5, 0.6) is 0 Å². The zero-order chi connectivity index (χ0) is 13.9. The molecule has 3 heteroatoms. The lowest BCUT2D eigenvalue weighted by atomic mass is 9.86. The number of rotatable bonds is 5. The van der Waals surface area contributed by atoms with Crippen molar-refractivity contribution in [3.63, 3.8) is 0 Å². The topological polar surface area (TPSA) is 39.2 Å². The molecule has 0 saturated carbocycles. The molecular formula is C16H19NO2. The summed E-state index contributed by atoms with van der Waals surface area (Å²) in [5.74, 6) is 0.0404. The molecule has 0 atom stereocenters. The third-order valence-corrected chi connectivity index (χ3v) is 3.88. The number of hydrogen-bond acceptors (Lipinski definition) is 3. The van der Waals surface area contributed by atoms with Crippen molar-refractivity contribution < 1.29 is 9.53 Å². The molecule has 0 bridgehead atoms. The van der Waals surface area contributed by atoms with Crippen molar-refractivity contribution in [2.45, 2.75) is 32.3 Å². The van der Waals surface area contributed by atoms with Crippen molar-refractivity contribution in [2.24, 2.45) is 0 Å². The summed E-state index contributed by atoms with van der Waals surface area (Å²) < 4.78 is 5.53. The molecule has 2 rings (SSSR count). The third kappa shape index (κ3) is 2.26. The highest BCUT2D eigenvalue weighted by Crippen LogP contribution is 2.28. The Bertz CT molecular complexity index is 575. The fraction of sp³-hybridized carbons (Fsp3) is 0.375. The van der Waals surface area contributed by atoms with E-state index < -0.39 is 5.60 Å². The van der Waals surface area contributed by atoms with Gasteiger partial charge in [-0.1, -0.05) is 32.0 Å². The zero-order valence-corrected chi connectivity index (χ0v) is 11.6. The minimum Gasteiger partial charge on any atom is -0.370 e. The van der Waals surface area contributed by atoms with Gasteiger partial charge in [0.25, 0.3) is 0 Å². The Morgan fingerprint density at radius 2 is 2.00 bits per heavy atom. The van der Waals surface area contributed by atoms with E-state index in [2.05, 4.69) is 4.98 Å². The summed E-state index contributed by atoms with van der Waals surface area (Å²) in [6.07, 6.45) is 4.80. The summed E-state index contributed by atoms with van der Waals surface area (Å²) in [7, 11) is 1.61. The molecule has 0 saturated heterocycles. The van der Waals surface area contributed by atoms with Gasteiger partial charge in [-0.05, 0) is 24.3 Å². The summed E-state index contributed by atoms with van der Waals surface area (Å²) in [6.45, 7) is 3.96. The minimum atomic E-state index is -0.732. The molecule has 1 heterocycles. The summed E-state index contributed by atoms with van der Waals surface area (Å²) in [4.78, 5) is 16.9. The first-order valence-corrected chi connectivity index (χ1v) is 6.61. The second-order valence-electron chi connectivity index (χ2n) is 4.64. The quantitative estimate of drug-likeness (QED) is 0.768. The van der Waals surface area contributed by atoms with Crippen molar-refractivity contribution in [1.82, 2.24) is 4.98 Å². The minimum absolute atomic E-state index is 0.0404. The number of fused-ring (bicyclic) bond motifs is 1. The van der Waals surface area contributed by atoms with Crippen LogP contribution in [-0.2, 0) is 4.74 Å². The SMILES string of the molecule is CCC(CC)(OC)C(=O)c1cccc2ccncc12. The fourth-order valence-corrected chi connectivity index (χ4v) is 2.51. The summed E-state index contributed by atoms with van der Waals surface area (Å²) in [6, 6.07) is 7.66. The van der Waals surface area contributed by atoms with Gasteiger partial charge in [0.2, 0.25) is 0 Å². The van der Waals surface area contributed by atoms with E-state index in [1.807, 2.05) is 38.1 Å². The van der Waals surface area contributed by atoms with Crippen LogP contribution in [0.2, 0.25) is 0 Å². The second kappa shape index (κ2) is 5.49. The fourth-order valence-electron chi connectivity index (χ4n) is 2.51. The third-order valence-electron chi connectivity index (χ3n) is 3.88. The largest absolute Gasteiger partial charge is 0.370 e. The van der Waals surface area contributed by atoms with E-state index in [0.717, 1.165) is 10.8 Å². The van der Waals surface area contributed by atoms with Crippen LogP contribution >= 0.6 is 0 Å². The maximum Gasteiger partial charge on any atom is 0.195 e. The smallest absolute Gasteiger partial charge is 0.195 e. The number of carbonyl (C=O) groups excluding carboxylic acids is 1. The summed E-state index contributed by atoms with van der Waals surface area (Å²) in [5.41, 5.74) is -0.0411. The number of benzene rings is 1. The molecule has 0 spiro atoms. The van der Waals surface area contributed by atoms with Crippen molar-refractivity contribution in [1.29, 1.82) is 0 Å². The Kier molecular flexibility index (Phi) is 3.96. The van der Waals surface area contributed by atoms with Gasteiger partial charge in [0.05, 0.1) is 0 Å². The molecule has 0 radical (unpaired) electrons. The van der Waals surface area contributed by atoms with Crippen molar-refractivity contribution >= 4 is 16.6 Å². The van der Waals surface area contributed by atoms with E-state index in [0.29, 0.717) is 18.4 Å². The number of aromatic nitrogens is 1. The van der Waals surface area contributed by atoms with E-state index >= 15 is 0 Å². The van der Waals surface area contributed by atoms with Crippen LogP contribution in [0, 0.1) is 0 Å². The Hall–Kier alpha value is -1.74. The zero-order valence-electron chi connectivity index (χ0n) is 11.6. The monoisotopic (exact) mass is 257 g/mol. The second-order valence-corrected chi connectivity index (χ2v) is 4.64. The van der Waals surface area contributed by atoms with Crippen LogP contribution in [0.25, 0.3) is 10.8 Å². The standard InChI is InChI=1S/C16H19NO2/c1-4-16(5-2,19-3)15(18)13-8-6-7-12-9-10-17-11-14(12)13/h6-11H,4-5H2,1-3H3. The van der Waals surface area contributed by atoms with E-state index in [1.165, 1.54) is 0 Å². The molecule has 0 aliphatic rings. The first kappa shape index (κ1) is 13.7. The number of methoxy groups -OCH3 is 1. The lowest BCUT2D eigenvalue weighted by Gasteiger charge is -2.28. The molecule has 0 aliphatic carbocycles. The molecule has 2 aromatic rings. The number of carbonyl (C=O) groups is 1. The van der Waals surface area contributed by atoms with Crippen molar-refractivity contribution in [3.8, 4) is 0 Å². The van der Waals surface area contributed by atoms with Gasteiger partial charge in [-0.2, -0.15) is 0 Å². The predicted octanol–water partition coefficient (Wildman–Crippen LogP) is 3.62. The molecule has 0 unspecified atom stereocenters. The molecule has 0 aliphatic heterocycles. The number of nitrogens with zero attached hydrogens (tertiary/aromatic N) is 1. The van der Waals surface area contributed by atoms with Gasteiger partial charge < -0.3 is 4.74 Å². The normalized spacial score (nSPS) is 11.7. The highest BCUT2D eigenvalue weighted by atomic mass is 16.5. The maximum atomic E-state index is 12.8.